The summed E-state index contributed by atoms with van der Waals surface area (Å²) in [6.45, 7) is 8.62. The largest absolute Gasteiger partial charge is 0.378 e. The zero-order valence-corrected chi connectivity index (χ0v) is 19.0. The van der Waals surface area contributed by atoms with Crippen molar-refractivity contribution in [3.63, 3.8) is 0 Å². The molecule has 4 heterocycles. The number of benzene rings is 1. The van der Waals surface area contributed by atoms with Crippen LogP contribution in [0, 0.1) is 19.8 Å². The van der Waals surface area contributed by atoms with Crippen LogP contribution in [0.1, 0.15) is 23.3 Å². The maximum Gasteiger partial charge on any atom is 0.227 e. The molecule has 0 spiro atoms. The fraction of sp³-hybridized carbons (Fsp3) is 0.458. The molecule has 7 heteroatoms. The Kier molecular flexibility index (Phi) is 5.63. The third kappa shape index (κ3) is 3.92. The molecule has 31 heavy (non-hydrogen) atoms. The number of hydrogen-bond donors (Lipinski definition) is 0. The number of nitrogens with zero attached hydrogens (tertiary/aromatic N) is 4. The molecule has 1 aromatic carbocycles. The predicted molar refractivity (Wildman–Crippen MR) is 125 cm³/mol. The molecular weight excluding hydrogens is 408 g/mol. The highest BCUT2D eigenvalue weighted by molar-refractivity contribution is 7.18. The van der Waals surface area contributed by atoms with Crippen molar-refractivity contribution in [3.8, 4) is 11.4 Å². The lowest BCUT2D eigenvalue weighted by molar-refractivity contribution is -0.139. The number of anilines is 1. The average Bonchev–Trinajstić information content (AvgIpc) is 3.12. The Morgan fingerprint density at radius 3 is 2.65 bits per heavy atom. The predicted octanol–water partition coefficient (Wildman–Crippen LogP) is 4.05. The average molecular weight is 437 g/mol. The summed E-state index contributed by atoms with van der Waals surface area (Å²) >= 11 is 1.73. The molecule has 0 N–H and O–H groups in total. The maximum absolute atomic E-state index is 13.2. The van der Waals surface area contributed by atoms with Crippen molar-refractivity contribution in [1.29, 1.82) is 0 Å². The van der Waals surface area contributed by atoms with E-state index in [1.165, 1.54) is 10.4 Å². The van der Waals surface area contributed by atoms with E-state index in [-0.39, 0.29) is 11.8 Å². The second-order valence-corrected chi connectivity index (χ2v) is 9.63. The highest BCUT2D eigenvalue weighted by Gasteiger charge is 2.32. The van der Waals surface area contributed by atoms with Crippen molar-refractivity contribution in [2.45, 2.75) is 26.7 Å². The lowest BCUT2D eigenvalue weighted by Crippen LogP contribution is -2.48. The fourth-order valence-corrected chi connectivity index (χ4v) is 5.61. The van der Waals surface area contributed by atoms with E-state index < -0.39 is 0 Å². The number of hydrogen-bond acceptors (Lipinski definition) is 6. The summed E-state index contributed by atoms with van der Waals surface area (Å²) in [6.07, 6.45) is 1.93. The fourth-order valence-electron chi connectivity index (χ4n) is 4.59. The summed E-state index contributed by atoms with van der Waals surface area (Å²) < 4.78 is 5.43. The Morgan fingerprint density at radius 2 is 1.87 bits per heavy atom. The van der Waals surface area contributed by atoms with E-state index >= 15 is 0 Å². The maximum atomic E-state index is 13.2. The number of morpholine rings is 1. The van der Waals surface area contributed by atoms with Gasteiger partial charge in [-0.1, -0.05) is 30.3 Å². The van der Waals surface area contributed by atoms with Gasteiger partial charge in [-0.15, -0.1) is 11.3 Å². The number of carbonyl (C=O) groups is 1. The Hall–Kier alpha value is -2.51. The topological polar surface area (TPSA) is 58.6 Å². The number of ether oxygens (including phenoxy) is 1. The van der Waals surface area contributed by atoms with Gasteiger partial charge in [0.25, 0.3) is 0 Å². The van der Waals surface area contributed by atoms with Gasteiger partial charge in [0.05, 0.1) is 24.5 Å². The lowest BCUT2D eigenvalue weighted by atomic mass is 9.96. The van der Waals surface area contributed by atoms with Gasteiger partial charge in [0.2, 0.25) is 5.91 Å². The van der Waals surface area contributed by atoms with E-state index in [2.05, 4.69) is 30.9 Å². The summed E-state index contributed by atoms with van der Waals surface area (Å²) in [5.41, 5.74) is 2.27. The quantitative estimate of drug-likeness (QED) is 0.620. The van der Waals surface area contributed by atoms with Gasteiger partial charge in [-0.2, -0.15) is 0 Å². The summed E-state index contributed by atoms with van der Waals surface area (Å²) in [5.74, 6) is 2.01. The molecule has 0 bridgehead atoms. The van der Waals surface area contributed by atoms with Gasteiger partial charge < -0.3 is 14.5 Å². The molecule has 0 radical (unpaired) electrons. The third-order valence-electron chi connectivity index (χ3n) is 6.43. The summed E-state index contributed by atoms with van der Waals surface area (Å²) in [6, 6.07) is 10.2. The van der Waals surface area contributed by atoms with Crippen LogP contribution in [0.4, 0.5) is 5.82 Å². The van der Waals surface area contributed by atoms with Crippen LogP contribution in [0.2, 0.25) is 0 Å². The molecule has 2 saturated heterocycles. The molecule has 5 rings (SSSR count). The number of carbonyl (C=O) groups excluding carboxylic acids is 1. The zero-order chi connectivity index (χ0) is 21.4. The van der Waals surface area contributed by atoms with Gasteiger partial charge in [0, 0.05) is 36.6 Å². The molecule has 2 fully saturated rings. The molecule has 0 aliphatic carbocycles. The van der Waals surface area contributed by atoms with Gasteiger partial charge in [-0.25, -0.2) is 9.97 Å². The van der Waals surface area contributed by atoms with Crippen LogP contribution < -0.4 is 4.90 Å². The Morgan fingerprint density at radius 1 is 1.10 bits per heavy atom. The van der Waals surface area contributed by atoms with Crippen LogP contribution in [0.15, 0.2) is 30.3 Å². The van der Waals surface area contributed by atoms with E-state index in [4.69, 9.17) is 14.7 Å². The first-order valence-corrected chi connectivity index (χ1v) is 11.9. The number of fused-ring (bicyclic) bond motifs is 1. The molecule has 1 amide bonds. The minimum Gasteiger partial charge on any atom is -0.378 e. The third-order valence-corrected chi connectivity index (χ3v) is 7.54. The van der Waals surface area contributed by atoms with E-state index in [0.717, 1.165) is 46.8 Å². The van der Waals surface area contributed by atoms with Gasteiger partial charge in [0.1, 0.15) is 10.6 Å². The molecule has 162 valence electrons. The molecule has 3 aromatic rings. The summed E-state index contributed by atoms with van der Waals surface area (Å²) in [7, 11) is 0. The molecule has 1 atom stereocenters. The van der Waals surface area contributed by atoms with Crippen LogP contribution >= 0.6 is 11.3 Å². The Bertz CT molecular complexity index is 1090. The van der Waals surface area contributed by atoms with Crippen molar-refractivity contribution in [1.82, 2.24) is 14.9 Å². The first-order valence-electron chi connectivity index (χ1n) is 11.1. The highest BCUT2D eigenvalue weighted by atomic mass is 32.1. The second kappa shape index (κ2) is 8.55. The van der Waals surface area contributed by atoms with Gasteiger partial charge in [0.15, 0.2) is 5.82 Å². The summed E-state index contributed by atoms with van der Waals surface area (Å²) in [4.78, 5) is 29.7. The van der Waals surface area contributed by atoms with Crippen LogP contribution in [-0.4, -0.2) is 60.2 Å². The SMILES string of the molecule is Cc1sc2nc(-c3ccccc3)nc(N3CCC[C@H](C(=O)N4CCOCC4)C3)c2c1C. The molecule has 2 aromatic heterocycles. The Balaban J connectivity index is 1.51. The molecule has 2 aliphatic heterocycles. The smallest absolute Gasteiger partial charge is 0.227 e. The standard InChI is InChI=1S/C24H28N4O2S/c1-16-17(2)31-23-20(16)22(25-21(26-23)18-7-4-3-5-8-18)28-10-6-9-19(15-28)24(29)27-11-13-30-14-12-27/h3-5,7-8,19H,6,9-15H2,1-2H3/t19-/m0/s1. The van der Waals surface area contributed by atoms with Crippen molar-refractivity contribution in [2.24, 2.45) is 5.92 Å². The van der Waals surface area contributed by atoms with E-state index in [0.29, 0.717) is 32.8 Å². The number of aryl methyl sites for hydroxylation is 2. The normalized spacial score (nSPS) is 19.7. The number of thiophene rings is 1. The number of rotatable bonds is 3. The number of aromatic nitrogens is 2. The van der Waals surface area contributed by atoms with Crippen molar-refractivity contribution < 1.29 is 9.53 Å². The second-order valence-electron chi connectivity index (χ2n) is 8.42. The van der Waals surface area contributed by atoms with E-state index in [9.17, 15) is 4.79 Å². The number of piperidine rings is 1. The van der Waals surface area contributed by atoms with Crippen molar-refractivity contribution >= 4 is 33.3 Å². The minimum absolute atomic E-state index is 0.0112. The zero-order valence-electron chi connectivity index (χ0n) is 18.1. The van der Waals surface area contributed by atoms with Gasteiger partial charge in [-0.3, -0.25) is 4.79 Å². The van der Waals surface area contributed by atoms with E-state index in [1.54, 1.807) is 11.3 Å². The molecular formula is C24H28N4O2S. The monoisotopic (exact) mass is 436 g/mol. The first kappa shape index (κ1) is 20.4. The van der Waals surface area contributed by atoms with Crippen LogP contribution in [-0.2, 0) is 9.53 Å². The van der Waals surface area contributed by atoms with Gasteiger partial charge >= 0.3 is 0 Å². The minimum atomic E-state index is 0.0112. The van der Waals surface area contributed by atoms with Gasteiger partial charge in [-0.05, 0) is 32.3 Å². The molecule has 2 aliphatic rings. The molecule has 0 unspecified atom stereocenters. The van der Waals surface area contributed by atoms with Crippen LogP contribution in [0.25, 0.3) is 21.6 Å². The first-order chi connectivity index (χ1) is 15.1. The lowest BCUT2D eigenvalue weighted by Gasteiger charge is -2.37. The number of amides is 1. The van der Waals surface area contributed by atoms with E-state index in [1.807, 2.05) is 23.1 Å². The Labute approximate surface area is 186 Å². The van der Waals surface area contributed by atoms with Crippen LogP contribution in [0.3, 0.4) is 0 Å². The van der Waals surface area contributed by atoms with Crippen molar-refractivity contribution in [3.05, 3.63) is 40.8 Å². The molecule has 0 saturated carbocycles. The molecule has 6 nitrogen and oxygen atoms in total. The summed E-state index contributed by atoms with van der Waals surface area (Å²) in [5, 5.41) is 1.14. The highest BCUT2D eigenvalue weighted by Crippen LogP contribution is 2.38. The van der Waals surface area contributed by atoms with Crippen LogP contribution in [0.5, 0.6) is 0 Å². The van der Waals surface area contributed by atoms with Crippen molar-refractivity contribution in [2.75, 3.05) is 44.3 Å².